The molecule has 4 unspecified atom stereocenters. The molecule has 94 valence electrons. The predicted molar refractivity (Wildman–Crippen MR) is 69.1 cm³/mol. The Hall–Kier alpha value is 0.0700. The van der Waals surface area contributed by atoms with E-state index in [1.54, 1.807) is 6.26 Å². The molecule has 0 aromatic carbocycles. The van der Waals surface area contributed by atoms with Gasteiger partial charge >= 0.3 is 0 Å². The average Bonchev–Trinajstić information content (AvgIpc) is 2.63. The van der Waals surface area contributed by atoms with Gasteiger partial charge in [0, 0.05) is 40.9 Å². The first-order chi connectivity index (χ1) is 7.65. The molecule has 2 aliphatic rings. The van der Waals surface area contributed by atoms with Crippen LogP contribution in [0.3, 0.4) is 0 Å². The van der Waals surface area contributed by atoms with Crippen molar-refractivity contribution >= 4 is 10.8 Å². The second-order valence-corrected chi connectivity index (χ2v) is 6.84. The van der Waals surface area contributed by atoms with Crippen LogP contribution in [0.2, 0.25) is 0 Å². The molecule has 0 amide bonds. The Kier molecular flexibility index (Phi) is 4.39. The lowest BCUT2D eigenvalue weighted by molar-refractivity contribution is 0.163. The summed E-state index contributed by atoms with van der Waals surface area (Å²) in [5.41, 5.74) is 0. The summed E-state index contributed by atoms with van der Waals surface area (Å²) in [6, 6.07) is 1.87. The van der Waals surface area contributed by atoms with E-state index in [0.717, 1.165) is 11.8 Å². The van der Waals surface area contributed by atoms with Crippen molar-refractivity contribution in [1.29, 1.82) is 0 Å². The number of hydrogen-bond donors (Lipinski definition) is 1. The highest BCUT2D eigenvalue weighted by molar-refractivity contribution is 7.84. The maximum absolute atomic E-state index is 11.1. The van der Waals surface area contributed by atoms with Crippen molar-refractivity contribution < 1.29 is 4.21 Å². The summed E-state index contributed by atoms with van der Waals surface area (Å²) >= 11 is 0. The molecule has 16 heavy (non-hydrogen) atoms. The molecule has 0 saturated carbocycles. The Morgan fingerprint density at radius 3 is 3.00 bits per heavy atom. The van der Waals surface area contributed by atoms with Gasteiger partial charge in [0.25, 0.3) is 0 Å². The predicted octanol–water partition coefficient (Wildman–Crippen LogP) is 0.970. The normalized spacial score (nSPS) is 34.6. The van der Waals surface area contributed by atoms with Gasteiger partial charge in [0.15, 0.2) is 0 Å². The summed E-state index contributed by atoms with van der Waals surface area (Å²) in [6.45, 7) is 4.72. The summed E-state index contributed by atoms with van der Waals surface area (Å²) in [6.07, 6.45) is 7.10. The van der Waals surface area contributed by atoms with Crippen LogP contribution < -0.4 is 5.32 Å². The highest BCUT2D eigenvalue weighted by Gasteiger charge is 2.31. The van der Waals surface area contributed by atoms with E-state index in [-0.39, 0.29) is 0 Å². The maximum atomic E-state index is 11.1. The van der Waals surface area contributed by atoms with Crippen molar-refractivity contribution in [1.82, 2.24) is 10.2 Å². The zero-order valence-corrected chi connectivity index (χ0v) is 11.3. The molecule has 2 fully saturated rings. The van der Waals surface area contributed by atoms with Gasteiger partial charge < -0.3 is 10.2 Å². The quantitative estimate of drug-likeness (QED) is 0.800. The molecule has 0 aromatic heterocycles. The summed E-state index contributed by atoms with van der Waals surface area (Å²) in [4.78, 5) is 2.64. The lowest BCUT2D eigenvalue weighted by Gasteiger charge is -2.36. The minimum atomic E-state index is -0.678. The molecule has 0 aromatic rings. The van der Waals surface area contributed by atoms with Crippen LogP contribution in [0, 0.1) is 0 Å². The van der Waals surface area contributed by atoms with E-state index >= 15 is 0 Å². The summed E-state index contributed by atoms with van der Waals surface area (Å²) in [7, 11) is -0.678. The summed E-state index contributed by atoms with van der Waals surface area (Å²) in [5, 5.41) is 3.64. The molecular formula is C12H24N2OS. The molecule has 0 spiro atoms. The van der Waals surface area contributed by atoms with Crippen LogP contribution >= 0.6 is 0 Å². The van der Waals surface area contributed by atoms with Crippen molar-refractivity contribution in [2.24, 2.45) is 0 Å². The van der Waals surface area contributed by atoms with Crippen LogP contribution in [-0.4, -0.2) is 52.3 Å². The van der Waals surface area contributed by atoms with Crippen molar-refractivity contribution in [3.63, 3.8) is 0 Å². The van der Waals surface area contributed by atoms with Gasteiger partial charge in [-0.3, -0.25) is 4.21 Å². The molecule has 2 rings (SSSR count). The highest BCUT2D eigenvalue weighted by Crippen LogP contribution is 2.26. The zero-order chi connectivity index (χ0) is 11.5. The Morgan fingerprint density at radius 2 is 2.25 bits per heavy atom. The van der Waals surface area contributed by atoms with E-state index in [1.807, 2.05) is 0 Å². The molecule has 0 bridgehead atoms. The molecule has 2 aliphatic heterocycles. The largest absolute Gasteiger partial charge is 0.310 e. The number of hydrogen-bond acceptors (Lipinski definition) is 3. The standard InChI is InChI=1S/C12H24N2OS/c1-10(9-16(2)15)13-11-5-7-14-6-3-4-12(14)8-11/h10-13H,3-9H2,1-2H3. The first kappa shape index (κ1) is 12.5. The molecule has 2 saturated heterocycles. The monoisotopic (exact) mass is 244 g/mol. The topological polar surface area (TPSA) is 32.3 Å². The fraction of sp³-hybridized carbons (Fsp3) is 1.00. The van der Waals surface area contributed by atoms with Gasteiger partial charge in [-0.25, -0.2) is 0 Å². The van der Waals surface area contributed by atoms with Crippen LogP contribution in [0.4, 0.5) is 0 Å². The van der Waals surface area contributed by atoms with Crippen molar-refractivity contribution in [2.75, 3.05) is 25.1 Å². The number of nitrogens with one attached hydrogen (secondary N) is 1. The fourth-order valence-electron chi connectivity index (χ4n) is 3.18. The second-order valence-electron chi connectivity index (χ2n) is 5.36. The Morgan fingerprint density at radius 1 is 1.44 bits per heavy atom. The zero-order valence-electron chi connectivity index (χ0n) is 10.4. The number of piperidine rings is 1. The van der Waals surface area contributed by atoms with Crippen LogP contribution in [0.1, 0.15) is 32.6 Å². The Balaban J connectivity index is 1.76. The van der Waals surface area contributed by atoms with E-state index < -0.39 is 10.8 Å². The van der Waals surface area contributed by atoms with E-state index in [9.17, 15) is 4.21 Å². The van der Waals surface area contributed by atoms with Gasteiger partial charge in [-0.2, -0.15) is 0 Å². The smallest absolute Gasteiger partial charge is 0.0383 e. The lowest BCUT2D eigenvalue weighted by Crippen LogP contribution is -2.49. The van der Waals surface area contributed by atoms with E-state index in [1.165, 1.54) is 38.8 Å². The Bertz CT molecular complexity index is 259. The van der Waals surface area contributed by atoms with E-state index in [0.29, 0.717) is 12.1 Å². The first-order valence-electron chi connectivity index (χ1n) is 6.45. The van der Waals surface area contributed by atoms with Gasteiger partial charge in [-0.05, 0) is 45.7 Å². The molecule has 0 radical (unpaired) electrons. The van der Waals surface area contributed by atoms with Crippen molar-refractivity contribution in [3.05, 3.63) is 0 Å². The molecular weight excluding hydrogens is 220 g/mol. The van der Waals surface area contributed by atoms with Gasteiger partial charge in [-0.15, -0.1) is 0 Å². The van der Waals surface area contributed by atoms with Gasteiger partial charge in [0.2, 0.25) is 0 Å². The van der Waals surface area contributed by atoms with Crippen LogP contribution in [0.15, 0.2) is 0 Å². The molecule has 3 nitrogen and oxygen atoms in total. The highest BCUT2D eigenvalue weighted by atomic mass is 32.2. The van der Waals surface area contributed by atoms with Crippen LogP contribution in [0.25, 0.3) is 0 Å². The molecule has 1 N–H and O–H groups in total. The number of fused-ring (bicyclic) bond motifs is 1. The third kappa shape index (κ3) is 3.28. The molecule has 4 heteroatoms. The maximum Gasteiger partial charge on any atom is 0.0383 e. The van der Waals surface area contributed by atoms with Gasteiger partial charge in [0.05, 0.1) is 0 Å². The molecule has 2 heterocycles. The van der Waals surface area contributed by atoms with Crippen molar-refractivity contribution in [3.8, 4) is 0 Å². The number of nitrogens with zero attached hydrogens (tertiary/aromatic N) is 1. The SMILES string of the molecule is CC(CS(C)=O)NC1CCN2CCCC2C1. The molecule has 0 aliphatic carbocycles. The van der Waals surface area contributed by atoms with Gasteiger partial charge in [0.1, 0.15) is 0 Å². The van der Waals surface area contributed by atoms with Crippen molar-refractivity contribution in [2.45, 2.75) is 50.7 Å². The third-order valence-corrected chi connectivity index (χ3v) is 4.79. The third-order valence-electron chi connectivity index (χ3n) is 3.83. The van der Waals surface area contributed by atoms with Crippen LogP contribution in [-0.2, 0) is 10.8 Å². The minimum Gasteiger partial charge on any atom is -0.310 e. The number of rotatable bonds is 4. The van der Waals surface area contributed by atoms with Crippen LogP contribution in [0.5, 0.6) is 0 Å². The first-order valence-corrected chi connectivity index (χ1v) is 8.18. The summed E-state index contributed by atoms with van der Waals surface area (Å²) < 4.78 is 11.1. The molecule has 4 atom stereocenters. The van der Waals surface area contributed by atoms with E-state index in [4.69, 9.17) is 0 Å². The summed E-state index contributed by atoms with van der Waals surface area (Å²) in [5.74, 6) is 0.783. The Labute approximate surface area is 101 Å². The van der Waals surface area contributed by atoms with Gasteiger partial charge in [-0.1, -0.05) is 0 Å². The lowest BCUT2D eigenvalue weighted by atomic mass is 9.97. The second kappa shape index (κ2) is 5.61. The fourth-order valence-corrected chi connectivity index (χ4v) is 3.98. The van der Waals surface area contributed by atoms with E-state index in [2.05, 4.69) is 17.1 Å². The average molecular weight is 244 g/mol. The minimum absolute atomic E-state index is 0.392.